The lowest BCUT2D eigenvalue weighted by molar-refractivity contribution is 0.119. The van der Waals surface area contributed by atoms with Crippen molar-refractivity contribution in [3.05, 3.63) is 35.7 Å². The number of rotatable bonds is 8. The van der Waals surface area contributed by atoms with E-state index in [2.05, 4.69) is 44.5 Å². The summed E-state index contributed by atoms with van der Waals surface area (Å²) in [7, 11) is 3.85. The average molecular weight is 360 g/mol. The molecule has 1 aliphatic heterocycles. The van der Waals surface area contributed by atoms with Crippen molar-refractivity contribution in [2.45, 2.75) is 19.5 Å². The fourth-order valence-corrected chi connectivity index (χ4v) is 3.26. The molecule has 0 spiro atoms. The van der Waals surface area contributed by atoms with Crippen LogP contribution >= 0.6 is 0 Å². The van der Waals surface area contributed by atoms with E-state index in [9.17, 15) is 0 Å². The smallest absolute Gasteiger partial charge is 0.173 e. The van der Waals surface area contributed by atoms with Gasteiger partial charge in [-0.25, -0.2) is 4.68 Å². The van der Waals surface area contributed by atoms with Crippen molar-refractivity contribution in [3.8, 4) is 5.75 Å². The van der Waals surface area contributed by atoms with Gasteiger partial charge in [-0.2, -0.15) is 0 Å². The zero-order valence-corrected chi connectivity index (χ0v) is 15.8. The number of piperazine rings is 1. The van der Waals surface area contributed by atoms with Crippen molar-refractivity contribution in [1.29, 1.82) is 0 Å². The molecule has 0 bridgehead atoms. The Bertz CT molecular complexity index is 667. The molecule has 0 amide bonds. The topological polar surface area (TPSA) is 68.5 Å². The van der Waals surface area contributed by atoms with Crippen LogP contribution in [0.1, 0.15) is 24.4 Å². The third kappa shape index (κ3) is 4.38. The van der Waals surface area contributed by atoms with E-state index in [4.69, 9.17) is 9.47 Å². The lowest BCUT2D eigenvalue weighted by Gasteiger charge is -2.37. The standard InChI is InChI=1S/C18H28N6O2/c1-4-26-16-7-5-15(6-8-16)17(23-11-9-22(2)10-12-23)18-19-20-21-24(18)13-14-25-3/h5-8,17H,4,9-14H2,1-3H3/t17-/m1/s1. The molecular weight excluding hydrogens is 332 g/mol. The summed E-state index contributed by atoms with van der Waals surface area (Å²) in [4.78, 5) is 4.80. The van der Waals surface area contributed by atoms with Gasteiger partial charge in [0.2, 0.25) is 0 Å². The summed E-state index contributed by atoms with van der Waals surface area (Å²) in [6.07, 6.45) is 0. The predicted octanol–water partition coefficient (Wildman–Crippen LogP) is 1.06. The molecule has 3 rings (SSSR count). The number of benzene rings is 1. The second kappa shape index (κ2) is 9.07. The maximum absolute atomic E-state index is 5.59. The molecule has 2 aromatic rings. The molecule has 0 N–H and O–H groups in total. The van der Waals surface area contributed by atoms with Crippen LogP contribution in [0.5, 0.6) is 5.75 Å². The molecule has 1 atom stereocenters. The number of ether oxygens (including phenoxy) is 2. The predicted molar refractivity (Wildman–Crippen MR) is 98.2 cm³/mol. The molecule has 0 aliphatic carbocycles. The van der Waals surface area contributed by atoms with Crippen LogP contribution in [-0.4, -0.2) is 83.6 Å². The van der Waals surface area contributed by atoms with Gasteiger partial charge < -0.3 is 14.4 Å². The first-order chi connectivity index (χ1) is 12.7. The Morgan fingerprint density at radius 3 is 2.50 bits per heavy atom. The van der Waals surface area contributed by atoms with Crippen LogP contribution in [0.4, 0.5) is 0 Å². The number of aromatic nitrogens is 4. The molecule has 26 heavy (non-hydrogen) atoms. The Hall–Kier alpha value is -2.03. The molecule has 1 aromatic heterocycles. The molecule has 0 radical (unpaired) electrons. The van der Waals surface area contributed by atoms with Gasteiger partial charge in [0.05, 0.1) is 25.8 Å². The first-order valence-electron chi connectivity index (χ1n) is 9.13. The van der Waals surface area contributed by atoms with Crippen LogP contribution < -0.4 is 4.74 Å². The highest BCUT2D eigenvalue weighted by atomic mass is 16.5. The molecule has 0 unspecified atom stereocenters. The summed E-state index contributed by atoms with van der Waals surface area (Å²) in [6.45, 7) is 7.90. The average Bonchev–Trinajstić information content (AvgIpc) is 3.11. The summed E-state index contributed by atoms with van der Waals surface area (Å²) in [5.41, 5.74) is 1.17. The molecule has 1 fully saturated rings. The molecule has 1 aromatic carbocycles. The van der Waals surface area contributed by atoms with Gasteiger partial charge in [-0.05, 0) is 42.1 Å². The number of tetrazole rings is 1. The van der Waals surface area contributed by atoms with E-state index >= 15 is 0 Å². The molecule has 142 valence electrons. The number of likely N-dealkylation sites (N-methyl/N-ethyl adjacent to an activating group) is 1. The van der Waals surface area contributed by atoms with E-state index in [0.29, 0.717) is 19.8 Å². The fourth-order valence-electron chi connectivity index (χ4n) is 3.26. The largest absolute Gasteiger partial charge is 0.494 e. The molecule has 1 aliphatic rings. The Balaban J connectivity index is 1.90. The lowest BCUT2D eigenvalue weighted by atomic mass is 10.0. The van der Waals surface area contributed by atoms with Crippen molar-refractivity contribution in [2.75, 3.05) is 53.6 Å². The normalized spacial score (nSPS) is 17.3. The third-order valence-corrected chi connectivity index (χ3v) is 4.72. The molecule has 8 heteroatoms. The van der Waals surface area contributed by atoms with Gasteiger partial charge in [0.1, 0.15) is 5.75 Å². The van der Waals surface area contributed by atoms with Gasteiger partial charge in [0, 0.05) is 33.3 Å². The zero-order valence-electron chi connectivity index (χ0n) is 15.8. The minimum absolute atomic E-state index is 0.0197. The van der Waals surface area contributed by atoms with Gasteiger partial charge in [0.15, 0.2) is 5.82 Å². The summed E-state index contributed by atoms with van der Waals surface area (Å²) in [6, 6.07) is 8.29. The van der Waals surface area contributed by atoms with Crippen LogP contribution in [0.2, 0.25) is 0 Å². The summed E-state index contributed by atoms with van der Waals surface area (Å²) in [5, 5.41) is 12.5. The number of hydrogen-bond donors (Lipinski definition) is 0. The van der Waals surface area contributed by atoms with Crippen molar-refractivity contribution >= 4 is 0 Å². The molecule has 8 nitrogen and oxygen atoms in total. The van der Waals surface area contributed by atoms with Crippen LogP contribution in [0.3, 0.4) is 0 Å². The highest BCUT2D eigenvalue weighted by Crippen LogP contribution is 2.29. The highest BCUT2D eigenvalue weighted by Gasteiger charge is 2.29. The van der Waals surface area contributed by atoms with E-state index in [0.717, 1.165) is 37.8 Å². The number of methoxy groups -OCH3 is 1. The summed E-state index contributed by atoms with van der Waals surface area (Å²) >= 11 is 0. The van der Waals surface area contributed by atoms with E-state index in [1.54, 1.807) is 7.11 Å². The number of nitrogens with zero attached hydrogens (tertiary/aromatic N) is 6. The van der Waals surface area contributed by atoms with Crippen LogP contribution in [0.15, 0.2) is 24.3 Å². The highest BCUT2D eigenvalue weighted by molar-refractivity contribution is 5.32. The molecule has 2 heterocycles. The zero-order chi connectivity index (χ0) is 18.4. The second-order valence-electron chi connectivity index (χ2n) is 6.50. The van der Waals surface area contributed by atoms with E-state index < -0.39 is 0 Å². The van der Waals surface area contributed by atoms with Crippen molar-refractivity contribution in [1.82, 2.24) is 30.0 Å². The maximum atomic E-state index is 5.59. The van der Waals surface area contributed by atoms with Crippen LogP contribution in [0.25, 0.3) is 0 Å². The fraction of sp³-hybridized carbons (Fsp3) is 0.611. The van der Waals surface area contributed by atoms with Crippen LogP contribution in [0, 0.1) is 0 Å². The Labute approximate surface area is 154 Å². The second-order valence-corrected chi connectivity index (χ2v) is 6.50. The van der Waals surface area contributed by atoms with E-state index in [1.165, 1.54) is 5.56 Å². The monoisotopic (exact) mass is 360 g/mol. The first-order valence-corrected chi connectivity index (χ1v) is 9.13. The van der Waals surface area contributed by atoms with Gasteiger partial charge in [-0.1, -0.05) is 12.1 Å². The van der Waals surface area contributed by atoms with E-state index in [-0.39, 0.29) is 6.04 Å². The minimum atomic E-state index is 0.0197. The SMILES string of the molecule is CCOc1ccc([C@H](c2nnnn2CCOC)N2CCN(C)CC2)cc1. The first kappa shape index (κ1) is 18.8. The van der Waals surface area contributed by atoms with Gasteiger partial charge in [-0.15, -0.1) is 5.10 Å². The summed E-state index contributed by atoms with van der Waals surface area (Å²) in [5.74, 6) is 1.74. The maximum Gasteiger partial charge on any atom is 0.173 e. The Morgan fingerprint density at radius 2 is 1.85 bits per heavy atom. The van der Waals surface area contributed by atoms with E-state index in [1.807, 2.05) is 23.7 Å². The van der Waals surface area contributed by atoms with Crippen molar-refractivity contribution in [2.24, 2.45) is 0 Å². The Kier molecular flexibility index (Phi) is 6.54. The quantitative estimate of drug-likeness (QED) is 0.697. The summed E-state index contributed by atoms with van der Waals surface area (Å²) < 4.78 is 12.6. The van der Waals surface area contributed by atoms with Gasteiger partial charge in [-0.3, -0.25) is 4.90 Å². The van der Waals surface area contributed by atoms with Gasteiger partial charge >= 0.3 is 0 Å². The molecule has 0 saturated carbocycles. The van der Waals surface area contributed by atoms with Crippen molar-refractivity contribution < 1.29 is 9.47 Å². The van der Waals surface area contributed by atoms with Gasteiger partial charge in [0.25, 0.3) is 0 Å². The third-order valence-electron chi connectivity index (χ3n) is 4.72. The number of hydrogen-bond acceptors (Lipinski definition) is 7. The molecule has 1 saturated heterocycles. The van der Waals surface area contributed by atoms with Crippen molar-refractivity contribution in [3.63, 3.8) is 0 Å². The lowest BCUT2D eigenvalue weighted by Crippen LogP contribution is -2.46. The Morgan fingerprint density at radius 1 is 1.12 bits per heavy atom. The minimum Gasteiger partial charge on any atom is -0.494 e. The molecular formula is C18H28N6O2. The van der Waals surface area contributed by atoms with Crippen LogP contribution in [-0.2, 0) is 11.3 Å².